The number of fused-ring (bicyclic) bond motifs is 2. The van der Waals surface area contributed by atoms with Crippen molar-refractivity contribution in [3.63, 3.8) is 0 Å². The average molecular weight is 573 g/mol. The number of nitrogens with zero attached hydrogens (tertiary/aromatic N) is 5. The molecule has 2 aromatic carbocycles. The minimum Gasteiger partial charge on any atom is -0.342 e. The van der Waals surface area contributed by atoms with Crippen LogP contribution in [-0.4, -0.2) is 35.8 Å². The minimum absolute atomic E-state index is 0.00943. The van der Waals surface area contributed by atoms with E-state index in [4.69, 9.17) is 4.98 Å². The van der Waals surface area contributed by atoms with Gasteiger partial charge in [-0.1, -0.05) is 31.1 Å². The van der Waals surface area contributed by atoms with Crippen LogP contribution in [0, 0.1) is 0 Å². The molecule has 1 amide bonds. The van der Waals surface area contributed by atoms with Gasteiger partial charge in [-0.15, -0.1) is 0 Å². The Balaban J connectivity index is 1.24. The molecule has 0 bridgehead atoms. The Bertz CT molecular complexity index is 1910. The Hall–Kier alpha value is -4.59. The van der Waals surface area contributed by atoms with Gasteiger partial charge in [0.05, 0.1) is 28.5 Å². The zero-order valence-electron chi connectivity index (χ0n) is 24.9. The van der Waals surface area contributed by atoms with E-state index in [1.54, 1.807) is 25.4 Å². The molecule has 0 radical (unpaired) electrons. The molecular formula is C35H36N6O2. The van der Waals surface area contributed by atoms with Gasteiger partial charge >= 0.3 is 0 Å². The number of amides is 1. The molecule has 7 rings (SSSR count). The number of rotatable bonds is 7. The van der Waals surface area contributed by atoms with Crippen LogP contribution in [0.2, 0.25) is 0 Å². The Morgan fingerprint density at radius 3 is 2.49 bits per heavy atom. The number of aromatic nitrogens is 5. The summed E-state index contributed by atoms with van der Waals surface area (Å²) < 4.78 is 4.27. The molecule has 218 valence electrons. The SMILES string of the molecule is CC(=O)/C=C/c1ccc2nc(C3(NC(=O)c4ccc5c(C6CCCC6)c(-c6cnccn6)n(C)c5c4)CCC3)n(C)c2c1. The van der Waals surface area contributed by atoms with E-state index in [2.05, 4.69) is 37.5 Å². The molecule has 0 spiro atoms. The maximum Gasteiger partial charge on any atom is 0.252 e. The summed E-state index contributed by atoms with van der Waals surface area (Å²) in [6.45, 7) is 1.54. The molecule has 3 aromatic heterocycles. The number of carbonyl (C=O) groups excluding carboxylic acids is 2. The fraction of sp³-hybridized carbons (Fsp3) is 0.343. The van der Waals surface area contributed by atoms with Crippen LogP contribution < -0.4 is 5.32 Å². The van der Waals surface area contributed by atoms with Gasteiger partial charge in [-0.2, -0.15) is 0 Å². The number of benzene rings is 2. The number of hydrogen-bond donors (Lipinski definition) is 1. The molecule has 8 nitrogen and oxygen atoms in total. The first kappa shape index (κ1) is 27.3. The molecule has 0 saturated heterocycles. The lowest BCUT2D eigenvalue weighted by molar-refractivity contribution is -0.112. The van der Waals surface area contributed by atoms with Crippen LogP contribution in [0.15, 0.2) is 61.1 Å². The van der Waals surface area contributed by atoms with Crippen molar-refractivity contribution in [3.05, 3.63) is 83.6 Å². The van der Waals surface area contributed by atoms with Crippen LogP contribution in [-0.2, 0) is 24.4 Å². The molecule has 3 heterocycles. The van der Waals surface area contributed by atoms with E-state index >= 15 is 0 Å². The van der Waals surface area contributed by atoms with Crippen molar-refractivity contribution in [1.82, 2.24) is 29.4 Å². The number of aryl methyl sites for hydroxylation is 2. The zero-order chi connectivity index (χ0) is 29.7. The van der Waals surface area contributed by atoms with E-state index in [0.29, 0.717) is 11.5 Å². The largest absolute Gasteiger partial charge is 0.342 e. The summed E-state index contributed by atoms with van der Waals surface area (Å²) in [5, 5.41) is 4.59. The van der Waals surface area contributed by atoms with Crippen molar-refractivity contribution < 1.29 is 9.59 Å². The molecule has 0 atom stereocenters. The highest BCUT2D eigenvalue weighted by Gasteiger charge is 2.44. The predicted octanol–water partition coefficient (Wildman–Crippen LogP) is 6.59. The smallest absolute Gasteiger partial charge is 0.252 e. The lowest BCUT2D eigenvalue weighted by Gasteiger charge is -2.41. The summed E-state index contributed by atoms with van der Waals surface area (Å²) in [5.74, 6) is 1.26. The maximum atomic E-state index is 13.9. The fourth-order valence-corrected chi connectivity index (χ4v) is 7.14. The van der Waals surface area contributed by atoms with E-state index in [0.717, 1.165) is 58.6 Å². The van der Waals surface area contributed by atoms with Crippen LogP contribution in [0.4, 0.5) is 0 Å². The van der Waals surface area contributed by atoms with Gasteiger partial charge in [0.15, 0.2) is 5.78 Å². The summed E-state index contributed by atoms with van der Waals surface area (Å²) in [6.07, 6.45) is 16.2. The van der Waals surface area contributed by atoms with Crippen molar-refractivity contribution in [2.45, 2.75) is 63.3 Å². The number of hydrogen-bond acceptors (Lipinski definition) is 5. The molecule has 2 aliphatic carbocycles. The third-order valence-electron chi connectivity index (χ3n) is 9.47. The van der Waals surface area contributed by atoms with E-state index in [9.17, 15) is 9.59 Å². The van der Waals surface area contributed by atoms with Gasteiger partial charge in [-0.3, -0.25) is 19.6 Å². The quantitative estimate of drug-likeness (QED) is 0.222. The van der Waals surface area contributed by atoms with E-state index < -0.39 is 5.54 Å². The van der Waals surface area contributed by atoms with Gasteiger partial charge in [0.1, 0.15) is 11.5 Å². The van der Waals surface area contributed by atoms with Crippen molar-refractivity contribution in [1.29, 1.82) is 0 Å². The lowest BCUT2D eigenvalue weighted by atomic mass is 9.75. The van der Waals surface area contributed by atoms with Gasteiger partial charge in [0.25, 0.3) is 5.91 Å². The normalized spacial score (nSPS) is 16.7. The summed E-state index contributed by atoms with van der Waals surface area (Å²) in [5.41, 5.74) is 7.23. The van der Waals surface area contributed by atoms with Gasteiger partial charge in [0.2, 0.25) is 0 Å². The number of nitrogens with one attached hydrogen (secondary N) is 1. The van der Waals surface area contributed by atoms with Gasteiger partial charge in [-0.05, 0) is 86.4 Å². The first-order valence-electron chi connectivity index (χ1n) is 15.2. The molecule has 1 N–H and O–H groups in total. The molecule has 0 aliphatic heterocycles. The molecule has 2 saturated carbocycles. The first-order chi connectivity index (χ1) is 20.8. The number of ketones is 1. The van der Waals surface area contributed by atoms with Crippen molar-refractivity contribution in [3.8, 4) is 11.4 Å². The Morgan fingerprint density at radius 2 is 1.79 bits per heavy atom. The van der Waals surface area contributed by atoms with Crippen molar-refractivity contribution >= 4 is 39.7 Å². The molecule has 8 heteroatoms. The average Bonchev–Trinajstić information content (AvgIpc) is 3.71. The zero-order valence-corrected chi connectivity index (χ0v) is 24.9. The third-order valence-corrected chi connectivity index (χ3v) is 9.47. The number of allylic oxidation sites excluding steroid dienone is 1. The molecular weight excluding hydrogens is 536 g/mol. The maximum absolute atomic E-state index is 13.9. The summed E-state index contributed by atoms with van der Waals surface area (Å²) >= 11 is 0. The Kier molecular flexibility index (Phi) is 6.72. The molecule has 43 heavy (non-hydrogen) atoms. The standard InChI is InChI=1S/C35H36N6O2/c1-22(42)9-10-23-11-14-27-30(19-23)41(3)34(38-27)35(15-6-16-35)39-33(43)25-12-13-26-29(20-25)40(2)32(28-21-36-17-18-37-28)31(26)24-7-4-5-8-24/h9-14,17-21,24H,4-8,15-16H2,1-3H3,(H,39,43)/b10-9+. The lowest BCUT2D eigenvalue weighted by Crippen LogP contribution is -2.52. The summed E-state index contributed by atoms with van der Waals surface area (Å²) in [4.78, 5) is 39.3. The number of carbonyl (C=O) groups is 2. The minimum atomic E-state index is -0.525. The monoisotopic (exact) mass is 572 g/mol. The van der Waals surface area contributed by atoms with E-state index in [-0.39, 0.29) is 11.7 Å². The van der Waals surface area contributed by atoms with Crippen molar-refractivity contribution in [2.75, 3.05) is 0 Å². The topological polar surface area (TPSA) is 94.7 Å². The Morgan fingerprint density at radius 1 is 0.977 bits per heavy atom. The van der Waals surface area contributed by atoms with Crippen LogP contribution in [0.25, 0.3) is 39.4 Å². The second-order valence-electron chi connectivity index (χ2n) is 12.2. The second-order valence-corrected chi connectivity index (χ2v) is 12.2. The second kappa shape index (κ2) is 10.6. The van der Waals surface area contributed by atoms with Crippen LogP contribution in [0.1, 0.15) is 85.1 Å². The summed E-state index contributed by atoms with van der Waals surface area (Å²) in [7, 11) is 4.07. The summed E-state index contributed by atoms with van der Waals surface area (Å²) in [6, 6.07) is 12.1. The fourth-order valence-electron chi connectivity index (χ4n) is 7.14. The molecule has 5 aromatic rings. The van der Waals surface area contributed by atoms with Crippen LogP contribution >= 0.6 is 0 Å². The first-order valence-corrected chi connectivity index (χ1v) is 15.2. The van der Waals surface area contributed by atoms with Crippen molar-refractivity contribution in [2.24, 2.45) is 14.1 Å². The molecule has 0 unspecified atom stereocenters. The predicted molar refractivity (Wildman–Crippen MR) is 169 cm³/mol. The highest BCUT2D eigenvalue weighted by molar-refractivity contribution is 6.01. The Labute approximate surface area is 250 Å². The highest BCUT2D eigenvalue weighted by atomic mass is 16.2. The van der Waals surface area contributed by atoms with Crippen LogP contribution in [0.5, 0.6) is 0 Å². The van der Waals surface area contributed by atoms with E-state index in [1.165, 1.54) is 36.6 Å². The van der Waals surface area contributed by atoms with Crippen LogP contribution in [0.3, 0.4) is 0 Å². The van der Waals surface area contributed by atoms with Gasteiger partial charge < -0.3 is 14.5 Å². The van der Waals surface area contributed by atoms with E-state index in [1.807, 2.05) is 49.7 Å². The third kappa shape index (κ3) is 4.65. The molecule has 2 aliphatic rings. The van der Waals surface area contributed by atoms with Gasteiger partial charge in [0, 0.05) is 43.0 Å². The molecule has 2 fully saturated rings. The number of imidazole rings is 1. The van der Waals surface area contributed by atoms with Gasteiger partial charge in [-0.25, -0.2) is 4.98 Å². The highest BCUT2D eigenvalue weighted by Crippen LogP contribution is 2.45.